The second-order valence-corrected chi connectivity index (χ2v) is 9.51. The SMILES string of the molecule is CC(C)[C@H](NOCc1ccccn1)C(=O)N[C@@H](Cc1ccccc1)[C@@H](O)C[C@@H](N)Cc1ccccc1.Cl. The van der Waals surface area contributed by atoms with Crippen molar-refractivity contribution in [2.75, 3.05) is 0 Å². The molecule has 7 nitrogen and oxygen atoms in total. The van der Waals surface area contributed by atoms with Gasteiger partial charge in [-0.15, -0.1) is 12.4 Å². The van der Waals surface area contributed by atoms with Crippen LogP contribution < -0.4 is 16.5 Å². The number of carbonyl (C=O) groups excluding carboxylic acids is 1. The zero-order chi connectivity index (χ0) is 25.8. The highest BCUT2D eigenvalue weighted by Gasteiger charge is 2.29. The fourth-order valence-corrected chi connectivity index (χ4v) is 4.08. The first-order chi connectivity index (χ1) is 17.4. The molecule has 0 bridgehead atoms. The van der Waals surface area contributed by atoms with Crippen molar-refractivity contribution in [2.24, 2.45) is 11.7 Å². The summed E-state index contributed by atoms with van der Waals surface area (Å²) in [6.07, 6.45) is 2.40. The summed E-state index contributed by atoms with van der Waals surface area (Å²) in [5.74, 6) is -0.272. The van der Waals surface area contributed by atoms with Gasteiger partial charge in [0.2, 0.25) is 5.91 Å². The van der Waals surface area contributed by atoms with Crippen LogP contribution in [0.5, 0.6) is 0 Å². The molecule has 0 radical (unpaired) electrons. The second kappa shape index (κ2) is 16.1. The summed E-state index contributed by atoms with van der Waals surface area (Å²) >= 11 is 0. The largest absolute Gasteiger partial charge is 0.391 e. The molecule has 4 atom stereocenters. The molecule has 0 aliphatic rings. The van der Waals surface area contributed by atoms with Gasteiger partial charge in [-0.25, -0.2) is 0 Å². The van der Waals surface area contributed by atoms with E-state index in [9.17, 15) is 9.90 Å². The summed E-state index contributed by atoms with van der Waals surface area (Å²) in [6, 6.07) is 24.0. The lowest BCUT2D eigenvalue weighted by Crippen LogP contribution is -2.54. The van der Waals surface area contributed by atoms with E-state index in [2.05, 4.69) is 15.8 Å². The van der Waals surface area contributed by atoms with Gasteiger partial charge in [-0.2, -0.15) is 5.48 Å². The molecular weight excluding hydrogens is 488 g/mol. The number of aliphatic hydroxyl groups excluding tert-OH is 1. The average Bonchev–Trinajstić information content (AvgIpc) is 2.87. The van der Waals surface area contributed by atoms with Crippen molar-refractivity contribution in [3.63, 3.8) is 0 Å². The smallest absolute Gasteiger partial charge is 0.240 e. The number of amides is 1. The van der Waals surface area contributed by atoms with Crippen LogP contribution in [0, 0.1) is 5.92 Å². The van der Waals surface area contributed by atoms with Gasteiger partial charge in [0.1, 0.15) is 12.6 Å². The lowest BCUT2D eigenvalue weighted by atomic mass is 9.93. The van der Waals surface area contributed by atoms with Crippen molar-refractivity contribution in [3.05, 3.63) is 102 Å². The predicted octanol–water partition coefficient (Wildman–Crippen LogP) is 3.60. The fourth-order valence-electron chi connectivity index (χ4n) is 4.08. The summed E-state index contributed by atoms with van der Waals surface area (Å²) in [6.45, 7) is 4.13. The average molecular weight is 527 g/mol. The molecule has 3 aromatic rings. The Morgan fingerprint density at radius 2 is 1.54 bits per heavy atom. The molecule has 0 unspecified atom stereocenters. The molecule has 0 saturated carbocycles. The topological polar surface area (TPSA) is 110 Å². The van der Waals surface area contributed by atoms with E-state index in [0.29, 0.717) is 19.3 Å². The standard InChI is InChI=1S/C29H38N4O3.ClH/c1-21(2)28(33-36-20-25-15-9-10-16-31-25)29(35)32-26(18-23-13-7-4-8-14-23)27(34)19-24(30)17-22-11-5-3-6-12-22;/h3-16,21,24,26-28,33-34H,17-20,30H2,1-2H3,(H,32,35);1H/t24-,26-,27-,28-;/m0./s1. The van der Waals surface area contributed by atoms with E-state index in [0.717, 1.165) is 16.8 Å². The third kappa shape index (κ3) is 10.6. The molecule has 0 fully saturated rings. The quantitative estimate of drug-likeness (QED) is 0.239. The number of hydroxylamine groups is 1. The number of carbonyl (C=O) groups is 1. The van der Waals surface area contributed by atoms with Crippen molar-refractivity contribution in [1.82, 2.24) is 15.8 Å². The molecule has 5 N–H and O–H groups in total. The van der Waals surface area contributed by atoms with Crippen LogP contribution in [0.2, 0.25) is 0 Å². The lowest BCUT2D eigenvalue weighted by molar-refractivity contribution is -0.131. The Bertz CT molecular complexity index is 1030. The molecule has 3 rings (SSSR count). The van der Waals surface area contributed by atoms with Gasteiger partial charge in [0.15, 0.2) is 0 Å². The van der Waals surface area contributed by atoms with Crippen molar-refractivity contribution in [3.8, 4) is 0 Å². The second-order valence-electron chi connectivity index (χ2n) is 9.51. The van der Waals surface area contributed by atoms with Crippen LogP contribution in [0.3, 0.4) is 0 Å². The van der Waals surface area contributed by atoms with E-state index in [-0.39, 0.29) is 36.9 Å². The van der Waals surface area contributed by atoms with Crippen LogP contribution in [0.25, 0.3) is 0 Å². The molecule has 0 spiro atoms. The molecule has 8 heteroatoms. The van der Waals surface area contributed by atoms with Crippen LogP contribution in [0.15, 0.2) is 85.1 Å². The molecule has 0 aliphatic carbocycles. The van der Waals surface area contributed by atoms with E-state index in [1.807, 2.05) is 92.7 Å². The maximum Gasteiger partial charge on any atom is 0.240 e. The highest BCUT2D eigenvalue weighted by Crippen LogP contribution is 2.14. The van der Waals surface area contributed by atoms with Gasteiger partial charge >= 0.3 is 0 Å². The van der Waals surface area contributed by atoms with Crippen molar-refractivity contribution >= 4 is 18.3 Å². The molecule has 2 aromatic carbocycles. The lowest BCUT2D eigenvalue weighted by Gasteiger charge is -2.29. The molecule has 1 amide bonds. The number of nitrogens with zero attached hydrogens (tertiary/aromatic N) is 1. The summed E-state index contributed by atoms with van der Waals surface area (Å²) in [4.78, 5) is 23.1. The number of hydrogen-bond acceptors (Lipinski definition) is 6. The third-order valence-corrected chi connectivity index (χ3v) is 6.08. The van der Waals surface area contributed by atoms with Crippen molar-refractivity contribution in [2.45, 2.75) is 63.9 Å². The minimum absolute atomic E-state index is 0. The Hall–Kier alpha value is -2.81. The van der Waals surface area contributed by atoms with E-state index in [1.165, 1.54) is 0 Å². The summed E-state index contributed by atoms with van der Waals surface area (Å²) in [5, 5.41) is 14.2. The number of aliphatic hydroxyl groups is 1. The van der Waals surface area contributed by atoms with Gasteiger partial charge in [-0.05, 0) is 48.4 Å². The summed E-state index contributed by atoms with van der Waals surface area (Å²) < 4.78 is 0. The van der Waals surface area contributed by atoms with Gasteiger partial charge in [0, 0.05) is 12.2 Å². The zero-order valence-electron chi connectivity index (χ0n) is 21.5. The van der Waals surface area contributed by atoms with Gasteiger partial charge in [0.05, 0.1) is 17.8 Å². The van der Waals surface area contributed by atoms with E-state index >= 15 is 0 Å². The number of pyridine rings is 1. The van der Waals surface area contributed by atoms with E-state index < -0.39 is 18.2 Å². The number of benzene rings is 2. The monoisotopic (exact) mass is 526 g/mol. The summed E-state index contributed by atoms with van der Waals surface area (Å²) in [7, 11) is 0. The zero-order valence-corrected chi connectivity index (χ0v) is 22.3. The number of nitrogens with one attached hydrogen (secondary N) is 2. The Kier molecular flexibility index (Phi) is 13.3. The Morgan fingerprint density at radius 3 is 2.11 bits per heavy atom. The van der Waals surface area contributed by atoms with Crippen molar-refractivity contribution < 1.29 is 14.7 Å². The molecule has 0 aliphatic heterocycles. The van der Waals surface area contributed by atoms with Crippen LogP contribution in [0.1, 0.15) is 37.1 Å². The first-order valence-corrected chi connectivity index (χ1v) is 12.5. The highest BCUT2D eigenvalue weighted by atomic mass is 35.5. The minimum Gasteiger partial charge on any atom is -0.391 e. The predicted molar refractivity (Wildman–Crippen MR) is 149 cm³/mol. The molecule has 0 saturated heterocycles. The third-order valence-electron chi connectivity index (χ3n) is 6.08. The number of rotatable bonds is 14. The van der Waals surface area contributed by atoms with Gasteiger partial charge < -0.3 is 16.2 Å². The molecule has 1 heterocycles. The maximum atomic E-state index is 13.3. The Balaban J connectivity index is 0.00000481. The highest BCUT2D eigenvalue weighted by molar-refractivity contribution is 5.85. The van der Waals surface area contributed by atoms with E-state index in [4.69, 9.17) is 10.6 Å². The van der Waals surface area contributed by atoms with E-state index in [1.54, 1.807) is 6.20 Å². The van der Waals surface area contributed by atoms with Gasteiger partial charge in [-0.1, -0.05) is 80.6 Å². The van der Waals surface area contributed by atoms with Crippen LogP contribution >= 0.6 is 12.4 Å². The van der Waals surface area contributed by atoms with Crippen LogP contribution in [0.4, 0.5) is 0 Å². The number of aromatic nitrogens is 1. The Morgan fingerprint density at radius 1 is 0.946 bits per heavy atom. The van der Waals surface area contributed by atoms with Crippen molar-refractivity contribution in [1.29, 1.82) is 0 Å². The molecular formula is C29H39ClN4O3. The van der Waals surface area contributed by atoms with Crippen LogP contribution in [-0.4, -0.2) is 40.2 Å². The maximum absolute atomic E-state index is 13.3. The molecule has 200 valence electrons. The van der Waals surface area contributed by atoms with Gasteiger partial charge in [-0.3, -0.25) is 14.6 Å². The fraction of sp³-hybridized carbons (Fsp3) is 0.379. The molecule has 37 heavy (non-hydrogen) atoms. The van der Waals surface area contributed by atoms with Gasteiger partial charge in [0.25, 0.3) is 0 Å². The molecule has 1 aromatic heterocycles. The van der Waals surface area contributed by atoms with Crippen LogP contribution in [-0.2, 0) is 29.1 Å². The summed E-state index contributed by atoms with van der Waals surface area (Å²) in [5.41, 5.74) is 12.2. The minimum atomic E-state index is -0.810. The number of hydrogen-bond donors (Lipinski definition) is 4. The normalized spacial score (nSPS) is 14.3. The first kappa shape index (κ1) is 30.4. The Labute approximate surface area is 226 Å². The number of halogens is 1. The number of nitrogens with two attached hydrogens (primary N) is 1. The first-order valence-electron chi connectivity index (χ1n) is 12.5.